The third kappa shape index (κ3) is 4.62. The molecule has 0 unspecified atom stereocenters. The van der Waals surface area contributed by atoms with Crippen LogP contribution in [0.1, 0.15) is 35.3 Å². The molecule has 158 valence electrons. The highest BCUT2D eigenvalue weighted by molar-refractivity contribution is 6.00. The van der Waals surface area contributed by atoms with Crippen molar-refractivity contribution in [2.45, 2.75) is 19.4 Å². The lowest BCUT2D eigenvalue weighted by molar-refractivity contribution is -0.147. The van der Waals surface area contributed by atoms with Crippen LogP contribution in [0.5, 0.6) is 11.5 Å². The van der Waals surface area contributed by atoms with Gasteiger partial charge in [-0.2, -0.15) is 0 Å². The van der Waals surface area contributed by atoms with Gasteiger partial charge >= 0.3 is 5.97 Å². The van der Waals surface area contributed by atoms with Gasteiger partial charge in [0.15, 0.2) is 6.61 Å². The van der Waals surface area contributed by atoms with Crippen LogP contribution in [0.25, 0.3) is 0 Å². The van der Waals surface area contributed by atoms with Crippen LogP contribution >= 0.6 is 0 Å². The zero-order chi connectivity index (χ0) is 21.7. The molecule has 0 bridgehead atoms. The number of likely N-dealkylation sites (tertiary alicyclic amines) is 1. The number of carbonyl (C=O) groups is 3. The summed E-state index contributed by atoms with van der Waals surface area (Å²) in [5, 5.41) is 0. The lowest BCUT2D eigenvalue weighted by atomic mass is 10.1. The molecule has 2 atom stereocenters. The summed E-state index contributed by atoms with van der Waals surface area (Å²) in [6.07, 6.45) is 0.0794. The lowest BCUT2D eigenvalue weighted by Gasteiger charge is -2.25. The Morgan fingerprint density at radius 3 is 2.50 bits per heavy atom. The molecule has 2 aromatic rings. The van der Waals surface area contributed by atoms with Crippen molar-refractivity contribution in [3.05, 3.63) is 59.7 Å². The van der Waals surface area contributed by atoms with Crippen LogP contribution in [0.2, 0.25) is 0 Å². The minimum absolute atomic E-state index is 0.0794. The van der Waals surface area contributed by atoms with Crippen molar-refractivity contribution in [1.82, 2.24) is 4.90 Å². The van der Waals surface area contributed by atoms with Crippen LogP contribution < -0.4 is 9.47 Å². The lowest BCUT2D eigenvalue weighted by Crippen LogP contribution is -2.30. The number of nitrogens with zero attached hydrogens (tertiary/aromatic N) is 1. The molecule has 0 radical (unpaired) electrons. The smallest absolute Gasteiger partial charge is 0.311 e. The maximum Gasteiger partial charge on any atom is 0.311 e. The second kappa shape index (κ2) is 9.43. The number of methoxy groups -OCH3 is 2. The largest absolute Gasteiger partial charge is 0.497 e. The Bertz CT molecular complexity index is 927. The summed E-state index contributed by atoms with van der Waals surface area (Å²) < 4.78 is 15.6. The zero-order valence-corrected chi connectivity index (χ0v) is 17.3. The highest BCUT2D eigenvalue weighted by Gasteiger charge is 2.38. The molecule has 0 aliphatic carbocycles. The average molecular weight is 411 g/mol. The van der Waals surface area contributed by atoms with E-state index >= 15 is 0 Å². The minimum Gasteiger partial charge on any atom is -0.497 e. The van der Waals surface area contributed by atoms with E-state index in [1.165, 1.54) is 14.2 Å². The van der Waals surface area contributed by atoms with Crippen molar-refractivity contribution in [1.29, 1.82) is 0 Å². The van der Waals surface area contributed by atoms with Gasteiger partial charge in [0, 0.05) is 19.0 Å². The Morgan fingerprint density at radius 2 is 1.83 bits per heavy atom. The molecule has 1 amide bonds. The van der Waals surface area contributed by atoms with E-state index < -0.39 is 18.5 Å². The summed E-state index contributed by atoms with van der Waals surface area (Å²) >= 11 is 0. The highest BCUT2D eigenvalue weighted by atomic mass is 16.5. The van der Waals surface area contributed by atoms with E-state index in [2.05, 4.69) is 0 Å². The first-order chi connectivity index (χ1) is 14.4. The van der Waals surface area contributed by atoms with Crippen molar-refractivity contribution >= 4 is 17.7 Å². The van der Waals surface area contributed by atoms with Gasteiger partial charge < -0.3 is 19.1 Å². The SMILES string of the molecule is COc1ccc(C(=O)COC(=O)[C@H]2CC(=O)N([C@@H](C)c3ccccc3)C2)c(OC)c1. The van der Waals surface area contributed by atoms with Gasteiger partial charge in [-0.05, 0) is 24.6 Å². The molecular weight excluding hydrogens is 386 g/mol. The number of hydrogen-bond acceptors (Lipinski definition) is 6. The normalized spacial score (nSPS) is 16.8. The van der Waals surface area contributed by atoms with Gasteiger partial charge in [-0.15, -0.1) is 0 Å². The fourth-order valence-corrected chi connectivity index (χ4v) is 3.54. The van der Waals surface area contributed by atoms with Gasteiger partial charge in [-0.1, -0.05) is 30.3 Å². The van der Waals surface area contributed by atoms with Crippen LogP contribution in [0.3, 0.4) is 0 Å². The van der Waals surface area contributed by atoms with E-state index in [1.807, 2.05) is 37.3 Å². The number of hydrogen-bond donors (Lipinski definition) is 0. The maximum atomic E-state index is 12.5. The summed E-state index contributed by atoms with van der Waals surface area (Å²) in [4.78, 5) is 39.1. The summed E-state index contributed by atoms with van der Waals surface area (Å²) in [6.45, 7) is 1.79. The number of ketones is 1. The highest BCUT2D eigenvalue weighted by Crippen LogP contribution is 2.29. The number of rotatable bonds is 8. The Labute approximate surface area is 175 Å². The molecule has 1 heterocycles. The first kappa shape index (κ1) is 21.4. The van der Waals surface area contributed by atoms with Gasteiger partial charge in [0.2, 0.25) is 11.7 Å². The third-order valence-electron chi connectivity index (χ3n) is 5.30. The van der Waals surface area contributed by atoms with Gasteiger partial charge in [0.05, 0.1) is 31.7 Å². The molecule has 0 saturated carbocycles. The Morgan fingerprint density at radius 1 is 1.10 bits per heavy atom. The monoisotopic (exact) mass is 411 g/mol. The molecule has 0 aromatic heterocycles. The zero-order valence-electron chi connectivity index (χ0n) is 17.3. The molecule has 0 spiro atoms. The first-order valence-corrected chi connectivity index (χ1v) is 9.70. The number of Topliss-reactive ketones (excluding diaryl/α,β-unsaturated/α-hetero) is 1. The Balaban J connectivity index is 1.59. The van der Waals surface area contributed by atoms with Crippen LogP contribution in [-0.4, -0.2) is 49.9 Å². The van der Waals surface area contributed by atoms with Crippen molar-refractivity contribution in [2.24, 2.45) is 5.92 Å². The van der Waals surface area contributed by atoms with Gasteiger partial charge in [0.25, 0.3) is 0 Å². The average Bonchev–Trinajstić information content (AvgIpc) is 3.18. The fourth-order valence-electron chi connectivity index (χ4n) is 3.54. The number of amides is 1. The molecule has 1 saturated heterocycles. The van der Waals surface area contributed by atoms with E-state index in [0.717, 1.165) is 5.56 Å². The van der Waals surface area contributed by atoms with Gasteiger partial charge in [-0.3, -0.25) is 14.4 Å². The molecule has 1 aliphatic rings. The topological polar surface area (TPSA) is 82.1 Å². The van der Waals surface area contributed by atoms with Gasteiger partial charge in [-0.25, -0.2) is 0 Å². The summed E-state index contributed by atoms with van der Waals surface area (Å²) in [6, 6.07) is 14.3. The fraction of sp³-hybridized carbons (Fsp3) is 0.348. The van der Waals surface area contributed by atoms with Crippen LogP contribution in [-0.2, 0) is 14.3 Å². The molecule has 1 aliphatic heterocycles. The van der Waals surface area contributed by atoms with E-state index in [9.17, 15) is 14.4 Å². The van der Waals surface area contributed by atoms with E-state index in [0.29, 0.717) is 17.1 Å². The van der Waals surface area contributed by atoms with Crippen LogP contribution in [0.4, 0.5) is 0 Å². The molecule has 1 fully saturated rings. The van der Waals surface area contributed by atoms with Crippen molar-refractivity contribution in [2.75, 3.05) is 27.4 Å². The molecule has 3 rings (SSSR count). The van der Waals surface area contributed by atoms with Crippen LogP contribution in [0, 0.1) is 5.92 Å². The second-order valence-electron chi connectivity index (χ2n) is 7.13. The summed E-state index contributed by atoms with van der Waals surface area (Å²) in [7, 11) is 2.97. The maximum absolute atomic E-state index is 12.5. The number of carbonyl (C=O) groups excluding carboxylic acids is 3. The quantitative estimate of drug-likeness (QED) is 0.491. The summed E-state index contributed by atoms with van der Waals surface area (Å²) in [5.74, 6) is -0.730. The molecule has 7 heteroatoms. The standard InChI is InChI=1S/C23H25NO6/c1-15(16-7-5-4-6-8-16)24-13-17(11-22(24)26)23(27)30-14-20(25)19-10-9-18(28-2)12-21(19)29-3/h4-10,12,15,17H,11,13-14H2,1-3H3/t15-,17-/m0/s1. The predicted octanol–water partition coefficient (Wildman–Crippen LogP) is 3.04. The van der Waals surface area contributed by atoms with Crippen molar-refractivity contribution < 1.29 is 28.6 Å². The molecular formula is C23H25NO6. The molecule has 7 nitrogen and oxygen atoms in total. The molecule has 2 aromatic carbocycles. The number of esters is 1. The van der Waals surface area contributed by atoms with Crippen molar-refractivity contribution in [3.8, 4) is 11.5 Å². The van der Waals surface area contributed by atoms with E-state index in [1.54, 1.807) is 23.1 Å². The van der Waals surface area contributed by atoms with Crippen molar-refractivity contribution in [3.63, 3.8) is 0 Å². The van der Waals surface area contributed by atoms with E-state index in [-0.39, 0.29) is 30.7 Å². The Hall–Kier alpha value is -3.35. The third-order valence-corrected chi connectivity index (χ3v) is 5.30. The minimum atomic E-state index is -0.589. The second-order valence-corrected chi connectivity index (χ2v) is 7.13. The number of benzene rings is 2. The first-order valence-electron chi connectivity index (χ1n) is 9.70. The predicted molar refractivity (Wildman–Crippen MR) is 110 cm³/mol. The van der Waals surface area contributed by atoms with Gasteiger partial charge in [0.1, 0.15) is 11.5 Å². The molecule has 0 N–H and O–H groups in total. The summed E-state index contributed by atoms with van der Waals surface area (Å²) in [5.41, 5.74) is 1.30. The molecule has 30 heavy (non-hydrogen) atoms. The number of ether oxygens (including phenoxy) is 3. The van der Waals surface area contributed by atoms with Crippen LogP contribution in [0.15, 0.2) is 48.5 Å². The van der Waals surface area contributed by atoms with E-state index in [4.69, 9.17) is 14.2 Å². The Kier molecular flexibility index (Phi) is 6.72.